The minimum Gasteiger partial charge on any atom is -0.405 e. The second-order valence-corrected chi connectivity index (χ2v) is 12.0. The average Bonchev–Trinajstić information content (AvgIpc) is 3.40. The molecule has 1 aromatic heterocycles. The van der Waals surface area contributed by atoms with Gasteiger partial charge in [-0.2, -0.15) is 0 Å². The van der Waals surface area contributed by atoms with Crippen LogP contribution in [-0.2, 0) is 0 Å². The second-order valence-electron chi connectivity index (χ2n) is 12.0. The van der Waals surface area contributed by atoms with Crippen LogP contribution in [0.15, 0.2) is 153 Å². The summed E-state index contributed by atoms with van der Waals surface area (Å²) in [5.41, 5.74) is 19.9. The molecule has 4 nitrogen and oxygen atoms in total. The predicted octanol–water partition coefficient (Wildman–Crippen LogP) is 11.3. The van der Waals surface area contributed by atoms with Crippen molar-refractivity contribution in [2.75, 3.05) is 0 Å². The minimum atomic E-state index is 0.178. The van der Waals surface area contributed by atoms with Crippen LogP contribution in [-0.4, -0.2) is 16.8 Å². The molecule has 0 spiro atoms. The van der Waals surface area contributed by atoms with E-state index in [0.29, 0.717) is 0 Å². The van der Waals surface area contributed by atoms with Crippen LogP contribution >= 0.6 is 0 Å². The van der Waals surface area contributed by atoms with Crippen LogP contribution in [0.3, 0.4) is 0 Å². The van der Waals surface area contributed by atoms with Crippen molar-refractivity contribution in [3.63, 3.8) is 0 Å². The van der Waals surface area contributed by atoms with E-state index in [1.54, 1.807) is 6.08 Å². The molecule has 0 fully saturated rings. The Morgan fingerprint density at radius 2 is 1.66 bits per heavy atom. The van der Waals surface area contributed by atoms with E-state index in [9.17, 15) is 0 Å². The van der Waals surface area contributed by atoms with Gasteiger partial charge in [-0.3, -0.25) is 0 Å². The predicted molar refractivity (Wildman–Crippen MR) is 220 cm³/mol. The zero-order valence-corrected chi connectivity index (χ0v) is 29.7. The Balaban J connectivity index is 0.00000181. The lowest BCUT2D eigenvalue weighted by molar-refractivity contribution is 0.800. The van der Waals surface area contributed by atoms with Gasteiger partial charge in [-0.15, -0.1) is 0 Å². The maximum Gasteiger partial charge on any atom is 0.0658 e. The number of benzene rings is 3. The largest absolute Gasteiger partial charge is 0.405 e. The molecule has 1 aliphatic heterocycles. The van der Waals surface area contributed by atoms with E-state index >= 15 is 0 Å². The van der Waals surface area contributed by atoms with Crippen molar-refractivity contribution in [1.82, 2.24) is 9.88 Å². The third-order valence-electron chi connectivity index (χ3n) is 8.91. The van der Waals surface area contributed by atoms with Crippen molar-refractivity contribution in [3.8, 4) is 16.9 Å². The monoisotopic (exact) mass is 656 g/mol. The zero-order chi connectivity index (χ0) is 36.2. The maximum absolute atomic E-state index is 7.33. The quantitative estimate of drug-likeness (QED) is 0.0854. The average molecular weight is 657 g/mol. The van der Waals surface area contributed by atoms with Crippen LogP contribution in [0.5, 0.6) is 0 Å². The summed E-state index contributed by atoms with van der Waals surface area (Å²) in [4.78, 5) is 0. The van der Waals surface area contributed by atoms with Crippen LogP contribution in [0.4, 0.5) is 0 Å². The Morgan fingerprint density at radius 1 is 0.940 bits per heavy atom. The molecule has 0 bridgehead atoms. The molecule has 50 heavy (non-hydrogen) atoms. The highest BCUT2D eigenvalue weighted by Crippen LogP contribution is 2.39. The number of allylic oxidation sites excluding steroid dienone is 8. The van der Waals surface area contributed by atoms with Gasteiger partial charge in [0.2, 0.25) is 0 Å². The summed E-state index contributed by atoms with van der Waals surface area (Å²) < 4.78 is 2.36. The van der Waals surface area contributed by atoms with Gasteiger partial charge in [0, 0.05) is 23.2 Å². The fourth-order valence-electron chi connectivity index (χ4n) is 6.00. The van der Waals surface area contributed by atoms with Gasteiger partial charge in [0.1, 0.15) is 0 Å². The first-order chi connectivity index (χ1) is 24.2. The highest BCUT2D eigenvalue weighted by Gasteiger charge is 2.22. The molecule has 4 aromatic rings. The standard InChI is InChI=1S/C44H43N3.C2H5N/c1-8-30(4)41-22-15-23-42(46-41)38-24-25-40(35(10-3)27-38)44-33(7)32(6)43(47(44)39-20-12-11-13-21-39)29-34(9-2)37-19-14-18-36(28-37)31(5)17-16-26-45;1-2-3/h8-29,41,45-46H,2-3,5H2,1,4,6-7H3;2H,1,3H2/b17-16-,30-8+,34-29+,45-26?;. The van der Waals surface area contributed by atoms with Gasteiger partial charge in [-0.05, 0) is 121 Å². The summed E-state index contributed by atoms with van der Waals surface area (Å²) in [6, 6.07) is 25.7. The van der Waals surface area contributed by atoms with Crippen molar-refractivity contribution >= 4 is 35.2 Å². The topological polar surface area (TPSA) is 66.8 Å². The number of nitrogens with zero attached hydrogens (tertiary/aromatic N) is 1. The smallest absolute Gasteiger partial charge is 0.0658 e. The third-order valence-corrected chi connectivity index (χ3v) is 8.91. The number of para-hydroxylation sites is 1. The highest BCUT2D eigenvalue weighted by atomic mass is 15.0. The van der Waals surface area contributed by atoms with E-state index in [0.717, 1.165) is 61.7 Å². The number of aromatic nitrogens is 1. The first-order valence-electron chi connectivity index (χ1n) is 16.7. The van der Waals surface area contributed by atoms with Crippen molar-refractivity contribution in [2.24, 2.45) is 5.73 Å². The lowest BCUT2D eigenvalue weighted by Crippen LogP contribution is -2.28. The lowest BCUT2D eigenvalue weighted by Gasteiger charge is -2.23. The number of hydrogen-bond donors (Lipinski definition) is 3. The van der Waals surface area contributed by atoms with Crippen molar-refractivity contribution < 1.29 is 0 Å². The molecule has 4 heteroatoms. The van der Waals surface area contributed by atoms with Gasteiger partial charge in [0.05, 0.1) is 17.4 Å². The molecule has 1 aliphatic rings. The van der Waals surface area contributed by atoms with E-state index in [2.05, 4.69) is 155 Å². The first-order valence-corrected chi connectivity index (χ1v) is 16.7. The molecule has 2 heterocycles. The first kappa shape index (κ1) is 36.7. The zero-order valence-electron chi connectivity index (χ0n) is 29.7. The Bertz CT molecular complexity index is 2060. The van der Waals surface area contributed by atoms with Crippen LogP contribution in [0, 0.1) is 19.3 Å². The summed E-state index contributed by atoms with van der Waals surface area (Å²) in [6.07, 6.45) is 20.8. The normalized spacial score (nSPS) is 14.2. The number of hydrogen-bond acceptors (Lipinski definition) is 3. The van der Waals surface area contributed by atoms with E-state index in [4.69, 9.17) is 5.41 Å². The molecule has 1 atom stereocenters. The molecule has 1 unspecified atom stereocenters. The fourth-order valence-corrected chi connectivity index (χ4v) is 6.00. The molecule has 0 saturated heterocycles. The van der Waals surface area contributed by atoms with Crippen molar-refractivity contribution in [3.05, 3.63) is 192 Å². The number of nitrogens with one attached hydrogen (secondary N) is 2. The van der Waals surface area contributed by atoms with Gasteiger partial charge in [-0.1, -0.05) is 117 Å². The summed E-state index contributed by atoms with van der Waals surface area (Å²) >= 11 is 0. The van der Waals surface area contributed by atoms with Crippen LogP contribution in [0.25, 0.3) is 45.9 Å². The molecular formula is C46H48N4. The minimum absolute atomic E-state index is 0.178. The van der Waals surface area contributed by atoms with Crippen molar-refractivity contribution in [2.45, 2.75) is 33.7 Å². The fraction of sp³-hybridized carbons (Fsp3) is 0.109. The second kappa shape index (κ2) is 17.3. The SMILES string of the molecule is C=C/C(=C\c1c(C)c(C)c(-c2ccc(C3=CC=CC(/C(C)=C/C)N3)cc2C=C)n1-c1ccccc1)c1cccc(C(=C)/C=C\C=N)c1.C=CN. The number of nitrogens with two attached hydrogens (primary N) is 1. The Labute approximate surface area is 298 Å². The van der Waals surface area contributed by atoms with Crippen LogP contribution in [0.1, 0.15) is 52.9 Å². The summed E-state index contributed by atoms with van der Waals surface area (Å²) in [6.45, 7) is 24.4. The molecule has 0 saturated carbocycles. The maximum atomic E-state index is 7.33. The molecule has 0 radical (unpaired) electrons. The van der Waals surface area contributed by atoms with Crippen LogP contribution in [0.2, 0.25) is 0 Å². The van der Waals surface area contributed by atoms with E-state index in [1.165, 1.54) is 29.1 Å². The number of rotatable bonds is 11. The van der Waals surface area contributed by atoms with Gasteiger partial charge >= 0.3 is 0 Å². The van der Waals surface area contributed by atoms with E-state index in [-0.39, 0.29) is 6.04 Å². The molecule has 5 rings (SSSR count). The molecule has 3 aromatic carbocycles. The van der Waals surface area contributed by atoms with Gasteiger partial charge in [0.15, 0.2) is 0 Å². The highest BCUT2D eigenvalue weighted by molar-refractivity contribution is 5.91. The molecule has 0 amide bonds. The summed E-state index contributed by atoms with van der Waals surface area (Å²) in [5.74, 6) is 0. The number of dihydropyridines is 1. The molecular weight excluding hydrogens is 609 g/mol. The Hall–Kier alpha value is -6.13. The molecule has 252 valence electrons. The summed E-state index contributed by atoms with van der Waals surface area (Å²) in [7, 11) is 0. The van der Waals surface area contributed by atoms with E-state index in [1.807, 2.05) is 36.4 Å². The Morgan fingerprint density at radius 3 is 2.32 bits per heavy atom. The van der Waals surface area contributed by atoms with Crippen LogP contribution < -0.4 is 11.1 Å². The molecule has 0 aliphatic carbocycles. The lowest BCUT2D eigenvalue weighted by atomic mass is 9.95. The molecule has 4 N–H and O–H groups in total. The van der Waals surface area contributed by atoms with Gasteiger partial charge in [0.25, 0.3) is 0 Å². The Kier molecular flexibility index (Phi) is 12.7. The van der Waals surface area contributed by atoms with Gasteiger partial charge < -0.3 is 21.0 Å². The van der Waals surface area contributed by atoms with Crippen molar-refractivity contribution in [1.29, 1.82) is 5.41 Å². The van der Waals surface area contributed by atoms with E-state index < -0.39 is 0 Å². The summed E-state index contributed by atoms with van der Waals surface area (Å²) in [5, 5.41) is 11.0. The third kappa shape index (κ3) is 8.11. The van der Waals surface area contributed by atoms with Gasteiger partial charge in [-0.25, -0.2) is 0 Å².